The second kappa shape index (κ2) is 6.05. The van der Waals surface area contributed by atoms with Crippen LogP contribution in [0.3, 0.4) is 0 Å². The largest absolute Gasteiger partial charge is 0.357 e. The summed E-state index contributed by atoms with van der Waals surface area (Å²) in [7, 11) is 0. The van der Waals surface area contributed by atoms with E-state index in [4.69, 9.17) is 0 Å². The molecule has 18 heavy (non-hydrogen) atoms. The summed E-state index contributed by atoms with van der Waals surface area (Å²) in [6, 6.07) is 3.64. The van der Waals surface area contributed by atoms with Gasteiger partial charge in [-0.2, -0.15) is 0 Å². The van der Waals surface area contributed by atoms with Gasteiger partial charge in [0.1, 0.15) is 5.69 Å². The van der Waals surface area contributed by atoms with Crippen molar-refractivity contribution in [3.05, 3.63) is 24.0 Å². The zero-order valence-electron chi connectivity index (χ0n) is 11.3. The number of rotatable bonds is 5. The molecule has 0 aromatic carbocycles. The third kappa shape index (κ3) is 3.60. The van der Waals surface area contributed by atoms with E-state index >= 15 is 0 Å². The lowest BCUT2D eigenvalue weighted by atomic mass is 10.1. The van der Waals surface area contributed by atoms with E-state index in [0.29, 0.717) is 11.6 Å². The molecule has 0 radical (unpaired) electrons. The number of amides is 1. The van der Waals surface area contributed by atoms with Crippen molar-refractivity contribution in [3.63, 3.8) is 0 Å². The predicted molar refractivity (Wildman–Crippen MR) is 72.5 cm³/mol. The molecule has 1 aliphatic heterocycles. The molecule has 1 saturated heterocycles. The summed E-state index contributed by atoms with van der Waals surface area (Å²) >= 11 is 0. The lowest BCUT2D eigenvalue weighted by molar-refractivity contribution is 0.0943. The number of nitrogens with one attached hydrogen (secondary N) is 2. The first-order valence-electron chi connectivity index (χ1n) is 6.79. The maximum atomic E-state index is 11.8. The van der Waals surface area contributed by atoms with Crippen LogP contribution < -0.4 is 5.32 Å². The number of carbonyl (C=O) groups excluding carboxylic acids is 1. The highest BCUT2D eigenvalue weighted by Gasteiger charge is 2.23. The third-order valence-corrected chi connectivity index (χ3v) is 3.39. The van der Waals surface area contributed by atoms with Crippen LogP contribution >= 0.6 is 0 Å². The average Bonchev–Trinajstić information content (AvgIpc) is 2.95. The van der Waals surface area contributed by atoms with Crippen molar-refractivity contribution < 1.29 is 4.79 Å². The smallest absolute Gasteiger partial charge is 0.267 e. The fraction of sp³-hybridized carbons (Fsp3) is 0.643. The van der Waals surface area contributed by atoms with Gasteiger partial charge in [0.25, 0.3) is 5.91 Å². The Hall–Kier alpha value is -1.29. The van der Waals surface area contributed by atoms with Gasteiger partial charge in [-0.3, -0.25) is 4.79 Å². The summed E-state index contributed by atoms with van der Waals surface area (Å²) in [6.45, 7) is 8.73. The molecule has 1 aromatic rings. The number of hydrogen-bond donors (Lipinski definition) is 2. The van der Waals surface area contributed by atoms with Gasteiger partial charge < -0.3 is 15.2 Å². The molecule has 1 atom stereocenters. The Bertz CT molecular complexity index is 372. The second-order valence-electron chi connectivity index (χ2n) is 5.60. The van der Waals surface area contributed by atoms with Gasteiger partial charge in [0.05, 0.1) is 0 Å². The number of nitrogens with zero attached hydrogens (tertiary/aromatic N) is 1. The predicted octanol–water partition coefficient (Wildman–Crippen LogP) is 1.72. The molecule has 4 nitrogen and oxygen atoms in total. The van der Waals surface area contributed by atoms with Crippen molar-refractivity contribution >= 4 is 5.91 Å². The molecular weight excluding hydrogens is 226 g/mol. The maximum Gasteiger partial charge on any atom is 0.267 e. The van der Waals surface area contributed by atoms with E-state index in [9.17, 15) is 4.79 Å². The number of likely N-dealkylation sites (tertiary alicyclic amines) is 1. The summed E-state index contributed by atoms with van der Waals surface area (Å²) in [6.07, 6.45) is 2.96. The molecule has 2 N–H and O–H groups in total. The van der Waals surface area contributed by atoms with Crippen LogP contribution in [-0.2, 0) is 0 Å². The Balaban J connectivity index is 1.71. The van der Waals surface area contributed by atoms with Crippen molar-refractivity contribution in [1.82, 2.24) is 15.2 Å². The van der Waals surface area contributed by atoms with Gasteiger partial charge >= 0.3 is 0 Å². The Morgan fingerprint density at radius 1 is 1.61 bits per heavy atom. The van der Waals surface area contributed by atoms with Crippen LogP contribution in [0.25, 0.3) is 0 Å². The van der Waals surface area contributed by atoms with Gasteiger partial charge in [0.15, 0.2) is 0 Å². The summed E-state index contributed by atoms with van der Waals surface area (Å²) < 4.78 is 0. The SMILES string of the molecule is CC(C)CN1CC[C@H](CNC(=O)c2ccc[nH]2)C1. The summed E-state index contributed by atoms with van der Waals surface area (Å²) in [4.78, 5) is 17.2. The highest BCUT2D eigenvalue weighted by Crippen LogP contribution is 2.16. The first-order chi connectivity index (χ1) is 8.65. The van der Waals surface area contributed by atoms with Gasteiger partial charge in [-0.15, -0.1) is 0 Å². The Morgan fingerprint density at radius 3 is 3.11 bits per heavy atom. The third-order valence-electron chi connectivity index (χ3n) is 3.39. The number of H-pyrrole nitrogens is 1. The van der Waals surface area contributed by atoms with Gasteiger partial charge in [-0.1, -0.05) is 13.8 Å². The maximum absolute atomic E-state index is 11.8. The van der Waals surface area contributed by atoms with Crippen LogP contribution in [0.1, 0.15) is 30.8 Å². The molecule has 1 fully saturated rings. The quantitative estimate of drug-likeness (QED) is 0.835. The minimum Gasteiger partial charge on any atom is -0.357 e. The topological polar surface area (TPSA) is 48.1 Å². The second-order valence-corrected chi connectivity index (χ2v) is 5.60. The number of hydrogen-bond acceptors (Lipinski definition) is 2. The Kier molecular flexibility index (Phi) is 4.42. The van der Waals surface area contributed by atoms with E-state index < -0.39 is 0 Å². The van der Waals surface area contributed by atoms with E-state index in [1.807, 2.05) is 6.07 Å². The normalized spacial score (nSPS) is 20.5. The minimum atomic E-state index is 0.00214. The molecule has 0 unspecified atom stereocenters. The molecule has 0 aliphatic carbocycles. The van der Waals surface area contributed by atoms with Crippen LogP contribution in [-0.4, -0.2) is 42.0 Å². The molecule has 0 spiro atoms. The van der Waals surface area contributed by atoms with E-state index in [2.05, 4.69) is 29.0 Å². The molecule has 4 heteroatoms. The first-order valence-corrected chi connectivity index (χ1v) is 6.79. The Labute approximate surface area is 109 Å². The number of carbonyl (C=O) groups is 1. The fourth-order valence-corrected chi connectivity index (χ4v) is 2.57. The van der Waals surface area contributed by atoms with E-state index in [1.54, 1.807) is 12.3 Å². The van der Waals surface area contributed by atoms with Crippen molar-refractivity contribution in [3.8, 4) is 0 Å². The van der Waals surface area contributed by atoms with Gasteiger partial charge in [-0.25, -0.2) is 0 Å². The van der Waals surface area contributed by atoms with Gasteiger partial charge in [-0.05, 0) is 36.9 Å². The molecule has 0 saturated carbocycles. The fourth-order valence-electron chi connectivity index (χ4n) is 2.57. The monoisotopic (exact) mass is 249 g/mol. The van der Waals surface area contributed by atoms with Crippen molar-refractivity contribution in [2.75, 3.05) is 26.2 Å². The van der Waals surface area contributed by atoms with Crippen LogP contribution in [0.5, 0.6) is 0 Å². The molecule has 1 aromatic heterocycles. The van der Waals surface area contributed by atoms with Crippen LogP contribution in [0.2, 0.25) is 0 Å². The highest BCUT2D eigenvalue weighted by atomic mass is 16.1. The lowest BCUT2D eigenvalue weighted by Gasteiger charge is -2.18. The van der Waals surface area contributed by atoms with E-state index in [-0.39, 0.29) is 5.91 Å². The highest BCUT2D eigenvalue weighted by molar-refractivity contribution is 5.92. The zero-order chi connectivity index (χ0) is 13.0. The van der Waals surface area contributed by atoms with Crippen molar-refractivity contribution in [2.24, 2.45) is 11.8 Å². The van der Waals surface area contributed by atoms with Crippen molar-refractivity contribution in [1.29, 1.82) is 0 Å². The summed E-state index contributed by atoms with van der Waals surface area (Å²) in [5, 5.41) is 3.00. The summed E-state index contributed by atoms with van der Waals surface area (Å²) in [5.74, 6) is 1.32. The molecule has 1 amide bonds. The van der Waals surface area contributed by atoms with E-state index in [0.717, 1.165) is 19.0 Å². The molecular formula is C14H23N3O. The Morgan fingerprint density at radius 2 is 2.44 bits per heavy atom. The van der Waals surface area contributed by atoms with Crippen LogP contribution in [0.4, 0.5) is 0 Å². The molecule has 2 rings (SSSR count). The van der Waals surface area contributed by atoms with E-state index in [1.165, 1.54) is 19.5 Å². The molecule has 1 aliphatic rings. The standard InChI is InChI=1S/C14H23N3O/c1-11(2)9-17-7-5-12(10-17)8-16-14(18)13-4-3-6-15-13/h3-4,6,11-12,15H,5,7-10H2,1-2H3,(H,16,18)/t12-/m1/s1. The first kappa shape index (κ1) is 13.1. The average molecular weight is 249 g/mol. The van der Waals surface area contributed by atoms with Gasteiger partial charge in [0.2, 0.25) is 0 Å². The van der Waals surface area contributed by atoms with Gasteiger partial charge in [0, 0.05) is 25.8 Å². The lowest BCUT2D eigenvalue weighted by Crippen LogP contribution is -2.32. The summed E-state index contributed by atoms with van der Waals surface area (Å²) in [5.41, 5.74) is 0.645. The van der Waals surface area contributed by atoms with Crippen LogP contribution in [0.15, 0.2) is 18.3 Å². The molecule has 0 bridgehead atoms. The minimum absolute atomic E-state index is 0.00214. The molecule has 100 valence electrons. The number of aromatic nitrogens is 1. The number of aromatic amines is 1. The zero-order valence-corrected chi connectivity index (χ0v) is 11.3. The molecule has 2 heterocycles. The van der Waals surface area contributed by atoms with Crippen LogP contribution in [0, 0.1) is 11.8 Å². The van der Waals surface area contributed by atoms with Crippen molar-refractivity contribution in [2.45, 2.75) is 20.3 Å².